The molecule has 0 amide bonds. The molecule has 2 rings (SSSR count). The van der Waals surface area contributed by atoms with Crippen LogP contribution in [-0.2, 0) is 16.0 Å². The van der Waals surface area contributed by atoms with Crippen molar-refractivity contribution < 1.29 is 44.6 Å². The predicted molar refractivity (Wildman–Crippen MR) is 91.7 cm³/mol. The molecule has 168 valence electrons. The first-order chi connectivity index (χ1) is 14.1. The number of benzene rings is 2. The maximum absolute atomic E-state index is 12.7. The molecule has 0 saturated carbocycles. The highest BCUT2D eigenvalue weighted by molar-refractivity contribution is 7.92. The molecule has 2 aromatic carbocycles. The van der Waals surface area contributed by atoms with Crippen molar-refractivity contribution >= 4 is 32.6 Å². The third kappa shape index (κ3) is 4.93. The summed E-state index contributed by atoms with van der Waals surface area (Å²) in [5.74, 6) is 0. The molecule has 10 nitrogen and oxygen atoms in total. The molecule has 0 spiro atoms. The van der Waals surface area contributed by atoms with Crippen molar-refractivity contribution in [3.63, 3.8) is 0 Å². The fourth-order valence-electron chi connectivity index (χ4n) is 2.17. The molecular formula is C14H8F6N4O6S. The molecule has 0 bridgehead atoms. The number of halogens is 6. The predicted octanol–water partition coefficient (Wildman–Crippen LogP) is 4.25. The maximum Gasteiger partial charge on any atom is 0.501 e. The van der Waals surface area contributed by atoms with E-state index in [1.807, 2.05) is 10.9 Å². The van der Waals surface area contributed by atoms with E-state index in [4.69, 9.17) is 0 Å². The summed E-state index contributed by atoms with van der Waals surface area (Å²) >= 11 is 0. The minimum absolute atomic E-state index is 0.105. The first-order valence-electron chi connectivity index (χ1n) is 7.53. The second-order valence-electron chi connectivity index (χ2n) is 5.62. The second-order valence-corrected chi connectivity index (χ2v) is 7.56. The van der Waals surface area contributed by atoms with Gasteiger partial charge in [0, 0.05) is 12.1 Å². The fourth-order valence-corrected chi connectivity index (χ4v) is 2.95. The van der Waals surface area contributed by atoms with Crippen molar-refractivity contribution in [1.82, 2.24) is 0 Å². The number of nitrogens with one attached hydrogen (secondary N) is 2. The van der Waals surface area contributed by atoms with Gasteiger partial charge in [0.25, 0.3) is 21.2 Å². The highest BCUT2D eigenvalue weighted by Gasteiger charge is 2.47. The Labute approximate surface area is 167 Å². The summed E-state index contributed by atoms with van der Waals surface area (Å²) in [5, 5.41) is 22.1. The molecule has 0 unspecified atom stereocenters. The molecule has 0 radical (unpaired) electrons. The van der Waals surface area contributed by atoms with Gasteiger partial charge >= 0.3 is 11.7 Å². The molecule has 0 saturated heterocycles. The van der Waals surface area contributed by atoms with E-state index in [9.17, 15) is 55.0 Å². The van der Waals surface area contributed by atoms with Crippen molar-refractivity contribution in [3.8, 4) is 0 Å². The maximum atomic E-state index is 12.7. The molecule has 0 aliphatic rings. The minimum Gasteiger partial charge on any atom is -0.294 e. The van der Waals surface area contributed by atoms with Crippen LogP contribution in [0.15, 0.2) is 41.3 Å². The van der Waals surface area contributed by atoms with E-state index in [1.165, 1.54) is 0 Å². The molecule has 0 atom stereocenters. The Hall–Kier alpha value is -3.63. The van der Waals surface area contributed by atoms with Crippen LogP contribution in [0, 0.1) is 20.2 Å². The normalized spacial score (nSPS) is 12.3. The lowest BCUT2D eigenvalue weighted by Crippen LogP contribution is -2.23. The Balaban J connectivity index is 2.42. The number of anilines is 2. The molecule has 2 N–H and O–H groups in total. The highest BCUT2D eigenvalue weighted by Crippen LogP contribution is 2.37. The van der Waals surface area contributed by atoms with Gasteiger partial charge in [-0.2, -0.15) is 26.3 Å². The number of nitrogens with zero attached hydrogens (tertiary/aromatic N) is 2. The number of hydrazine groups is 1. The smallest absolute Gasteiger partial charge is 0.294 e. The number of nitro groups is 2. The summed E-state index contributed by atoms with van der Waals surface area (Å²) in [4.78, 5) is 18.3. The molecule has 0 aromatic heterocycles. The summed E-state index contributed by atoms with van der Waals surface area (Å²) in [6.07, 6.45) is -4.89. The van der Waals surface area contributed by atoms with Gasteiger partial charge in [0.15, 0.2) is 0 Å². The highest BCUT2D eigenvalue weighted by atomic mass is 32.2. The van der Waals surface area contributed by atoms with E-state index < -0.39 is 64.6 Å². The molecular weight excluding hydrogens is 466 g/mol. The second kappa shape index (κ2) is 7.89. The summed E-state index contributed by atoms with van der Waals surface area (Å²) in [6.45, 7) is 0. The van der Waals surface area contributed by atoms with Gasteiger partial charge < -0.3 is 0 Å². The average Bonchev–Trinajstić information content (AvgIpc) is 2.64. The van der Waals surface area contributed by atoms with Gasteiger partial charge in [-0.1, -0.05) is 0 Å². The van der Waals surface area contributed by atoms with Gasteiger partial charge in [0.05, 0.1) is 20.3 Å². The van der Waals surface area contributed by atoms with Crippen LogP contribution in [0.4, 0.5) is 49.1 Å². The summed E-state index contributed by atoms with van der Waals surface area (Å²) in [7, 11) is -5.90. The Bertz CT molecular complexity index is 1150. The van der Waals surface area contributed by atoms with E-state index in [-0.39, 0.29) is 12.1 Å². The average molecular weight is 474 g/mol. The molecule has 2 aromatic rings. The van der Waals surface area contributed by atoms with Crippen LogP contribution in [0.2, 0.25) is 0 Å². The van der Waals surface area contributed by atoms with Crippen LogP contribution in [-0.4, -0.2) is 23.8 Å². The lowest BCUT2D eigenvalue weighted by atomic mass is 10.1. The summed E-state index contributed by atoms with van der Waals surface area (Å²) < 4.78 is 98.8. The summed E-state index contributed by atoms with van der Waals surface area (Å²) in [6, 6.07) is 2.37. The van der Waals surface area contributed by atoms with Crippen LogP contribution < -0.4 is 10.9 Å². The largest absolute Gasteiger partial charge is 0.501 e. The lowest BCUT2D eigenvalue weighted by Gasteiger charge is -2.13. The van der Waals surface area contributed by atoms with Crippen LogP contribution in [0.1, 0.15) is 5.56 Å². The Morgan fingerprint density at radius 2 is 1.23 bits per heavy atom. The number of alkyl halides is 6. The molecule has 17 heteroatoms. The van der Waals surface area contributed by atoms with Crippen molar-refractivity contribution in [2.75, 3.05) is 10.9 Å². The zero-order chi connectivity index (χ0) is 23.8. The van der Waals surface area contributed by atoms with Gasteiger partial charge in [-0.25, -0.2) is 8.42 Å². The van der Waals surface area contributed by atoms with Crippen molar-refractivity contribution in [3.05, 3.63) is 62.2 Å². The molecule has 0 fully saturated rings. The SMILES string of the molecule is O=[N+]([O-])c1cc(C(F)(F)F)ccc1NNc1ccc(S(=O)(=O)C(F)(F)F)cc1[N+](=O)[O-]. The first kappa shape index (κ1) is 23.6. The van der Waals surface area contributed by atoms with E-state index in [2.05, 4.69) is 0 Å². The number of hydrogen-bond acceptors (Lipinski definition) is 8. The van der Waals surface area contributed by atoms with Crippen LogP contribution in [0.25, 0.3) is 0 Å². The Morgan fingerprint density at radius 1 is 0.774 bits per heavy atom. The number of rotatable bonds is 6. The van der Waals surface area contributed by atoms with Crippen molar-refractivity contribution in [1.29, 1.82) is 0 Å². The zero-order valence-corrected chi connectivity index (χ0v) is 15.3. The number of sulfone groups is 1. The monoisotopic (exact) mass is 474 g/mol. The Kier molecular flexibility index (Phi) is 6.02. The third-order valence-corrected chi connectivity index (χ3v) is 5.12. The van der Waals surface area contributed by atoms with Crippen molar-refractivity contribution in [2.45, 2.75) is 16.6 Å². The topological polar surface area (TPSA) is 144 Å². The minimum atomic E-state index is -5.90. The van der Waals surface area contributed by atoms with Crippen LogP contribution >= 0.6 is 0 Å². The molecule has 0 aliphatic carbocycles. The number of hydrogen-bond donors (Lipinski definition) is 2. The van der Waals surface area contributed by atoms with Gasteiger partial charge in [-0.3, -0.25) is 31.1 Å². The van der Waals surface area contributed by atoms with Crippen LogP contribution in [0.5, 0.6) is 0 Å². The summed E-state index contributed by atoms with van der Waals surface area (Å²) in [5.41, 5.74) is -6.43. The van der Waals surface area contributed by atoms with Crippen LogP contribution in [0.3, 0.4) is 0 Å². The fraction of sp³-hybridized carbons (Fsp3) is 0.143. The first-order valence-corrected chi connectivity index (χ1v) is 9.01. The molecule has 0 aliphatic heterocycles. The quantitative estimate of drug-likeness (QED) is 0.359. The molecule has 31 heavy (non-hydrogen) atoms. The molecule has 0 heterocycles. The van der Waals surface area contributed by atoms with Gasteiger partial charge in [0.1, 0.15) is 11.4 Å². The lowest BCUT2D eigenvalue weighted by molar-refractivity contribution is -0.384. The number of nitro benzene ring substituents is 2. The van der Waals surface area contributed by atoms with Crippen molar-refractivity contribution in [2.24, 2.45) is 0 Å². The van der Waals surface area contributed by atoms with E-state index >= 15 is 0 Å². The third-order valence-electron chi connectivity index (χ3n) is 3.63. The van der Waals surface area contributed by atoms with Gasteiger partial charge in [-0.05, 0) is 24.3 Å². The van der Waals surface area contributed by atoms with E-state index in [1.54, 1.807) is 0 Å². The van der Waals surface area contributed by atoms with E-state index in [0.29, 0.717) is 24.3 Å². The zero-order valence-electron chi connectivity index (χ0n) is 14.5. The Morgan fingerprint density at radius 3 is 1.65 bits per heavy atom. The van der Waals surface area contributed by atoms with E-state index in [0.717, 1.165) is 0 Å². The standard InChI is InChI=1S/C14H8F6N4O6S/c15-13(16,17)7-1-3-9(11(5-7)23(25)26)21-22-10-4-2-8(6-12(10)24(27)28)31(29,30)14(18,19)20/h1-6,21-22H. The van der Waals surface area contributed by atoms with Gasteiger partial charge in [0.2, 0.25) is 0 Å². The van der Waals surface area contributed by atoms with Gasteiger partial charge in [-0.15, -0.1) is 0 Å².